The number of non-ortho nitro benzene ring substituents is 1. The largest absolute Gasteiger partial charge is 0.618 e. The fourth-order valence-corrected chi connectivity index (χ4v) is 2.29. The summed E-state index contributed by atoms with van der Waals surface area (Å²) in [5.74, 6) is -1.48. The summed E-state index contributed by atoms with van der Waals surface area (Å²) in [5, 5.41) is 24.6. The maximum atomic E-state index is 13.5. The quantitative estimate of drug-likeness (QED) is 0.299. The lowest BCUT2D eigenvalue weighted by atomic mass is 10.2. The van der Waals surface area contributed by atoms with E-state index >= 15 is 0 Å². The standard InChI is InChI=1S/C13H10FN3O4S/c14-10-5-4-9(17(20)21)7-11(10)15-12(18)8-22-13-3-1-2-6-16(13)19/h1-7H,8H2,(H,15,18). The van der Waals surface area contributed by atoms with E-state index in [1.807, 2.05) is 0 Å². The van der Waals surface area contributed by atoms with Gasteiger partial charge in [-0.15, -0.1) is 0 Å². The van der Waals surface area contributed by atoms with Crippen molar-refractivity contribution in [1.29, 1.82) is 0 Å². The van der Waals surface area contributed by atoms with Crippen LogP contribution in [0.4, 0.5) is 15.8 Å². The Kier molecular flexibility index (Phi) is 4.89. The van der Waals surface area contributed by atoms with Crippen molar-refractivity contribution < 1.29 is 18.8 Å². The Morgan fingerprint density at radius 2 is 2.14 bits per heavy atom. The predicted molar refractivity (Wildman–Crippen MR) is 77.8 cm³/mol. The minimum absolute atomic E-state index is 0.131. The van der Waals surface area contributed by atoms with Crippen LogP contribution in [0.2, 0.25) is 0 Å². The molecule has 22 heavy (non-hydrogen) atoms. The third kappa shape index (κ3) is 3.92. The van der Waals surface area contributed by atoms with E-state index in [2.05, 4.69) is 5.32 Å². The van der Waals surface area contributed by atoms with Crippen molar-refractivity contribution in [3.63, 3.8) is 0 Å². The molecular weight excluding hydrogens is 313 g/mol. The molecule has 9 heteroatoms. The highest BCUT2D eigenvalue weighted by Gasteiger charge is 2.14. The average Bonchev–Trinajstić information content (AvgIpc) is 2.48. The summed E-state index contributed by atoms with van der Waals surface area (Å²) in [6, 6.07) is 7.59. The molecule has 114 valence electrons. The van der Waals surface area contributed by atoms with Crippen LogP contribution >= 0.6 is 11.8 Å². The molecule has 0 aliphatic heterocycles. The van der Waals surface area contributed by atoms with Crippen molar-refractivity contribution in [2.24, 2.45) is 0 Å². The number of pyridine rings is 1. The van der Waals surface area contributed by atoms with Gasteiger partial charge in [0.05, 0.1) is 16.4 Å². The van der Waals surface area contributed by atoms with Gasteiger partial charge in [0.2, 0.25) is 5.91 Å². The molecule has 0 fully saturated rings. The number of rotatable bonds is 5. The van der Waals surface area contributed by atoms with Gasteiger partial charge in [0.1, 0.15) is 5.82 Å². The number of hydrogen-bond donors (Lipinski definition) is 1. The van der Waals surface area contributed by atoms with Gasteiger partial charge in [-0.1, -0.05) is 0 Å². The first kappa shape index (κ1) is 15.7. The summed E-state index contributed by atoms with van der Waals surface area (Å²) in [4.78, 5) is 21.7. The maximum Gasteiger partial charge on any atom is 0.271 e. The van der Waals surface area contributed by atoms with Crippen molar-refractivity contribution in [3.05, 3.63) is 63.7 Å². The number of carbonyl (C=O) groups is 1. The van der Waals surface area contributed by atoms with Crippen molar-refractivity contribution in [2.75, 3.05) is 11.1 Å². The van der Waals surface area contributed by atoms with E-state index < -0.39 is 16.6 Å². The Balaban J connectivity index is 2.02. The van der Waals surface area contributed by atoms with E-state index in [1.165, 1.54) is 6.20 Å². The number of amides is 1. The van der Waals surface area contributed by atoms with Gasteiger partial charge in [-0.05, 0) is 23.9 Å². The Hall–Kier alpha value is -2.68. The maximum absolute atomic E-state index is 13.5. The second-order valence-electron chi connectivity index (χ2n) is 4.12. The number of nitrogens with one attached hydrogen (secondary N) is 1. The molecule has 1 aromatic carbocycles. The normalized spacial score (nSPS) is 10.2. The first-order chi connectivity index (χ1) is 10.5. The number of nitro benzene ring substituents is 1. The van der Waals surface area contributed by atoms with Crippen molar-refractivity contribution in [1.82, 2.24) is 0 Å². The molecule has 0 bridgehead atoms. The zero-order valence-electron chi connectivity index (χ0n) is 11.1. The number of anilines is 1. The van der Waals surface area contributed by atoms with E-state index in [1.54, 1.807) is 18.2 Å². The SMILES string of the molecule is O=C(CSc1cccc[n+]1[O-])Nc1cc([N+](=O)[O-])ccc1F. The number of nitrogens with zero attached hydrogens (tertiary/aromatic N) is 2. The van der Waals surface area contributed by atoms with Crippen LogP contribution in [0.3, 0.4) is 0 Å². The summed E-state index contributed by atoms with van der Waals surface area (Å²) in [6.45, 7) is 0. The van der Waals surface area contributed by atoms with Crippen LogP contribution in [-0.2, 0) is 4.79 Å². The van der Waals surface area contributed by atoms with Crippen molar-refractivity contribution in [2.45, 2.75) is 5.03 Å². The summed E-state index contributed by atoms with van der Waals surface area (Å²) >= 11 is 0.973. The number of nitro groups is 1. The van der Waals surface area contributed by atoms with Crippen LogP contribution in [0.5, 0.6) is 0 Å². The predicted octanol–water partition coefficient (Wildman–Crippen LogP) is 2.10. The summed E-state index contributed by atoms with van der Waals surface area (Å²) in [6.07, 6.45) is 1.29. The van der Waals surface area contributed by atoms with Gasteiger partial charge in [-0.25, -0.2) is 4.39 Å². The summed E-state index contributed by atoms with van der Waals surface area (Å²) < 4.78 is 14.1. The Bertz CT molecular complexity index is 726. The van der Waals surface area contributed by atoms with Gasteiger partial charge < -0.3 is 10.5 Å². The number of hydrogen-bond acceptors (Lipinski definition) is 5. The molecule has 0 saturated heterocycles. The molecule has 0 aliphatic carbocycles. The molecule has 1 heterocycles. The summed E-state index contributed by atoms with van der Waals surface area (Å²) in [7, 11) is 0. The lowest BCUT2D eigenvalue weighted by Gasteiger charge is -2.06. The Labute approximate surface area is 128 Å². The topological polar surface area (TPSA) is 99.2 Å². The van der Waals surface area contributed by atoms with Gasteiger partial charge in [0, 0.05) is 24.3 Å². The first-order valence-corrected chi connectivity index (χ1v) is 7.00. The lowest BCUT2D eigenvalue weighted by molar-refractivity contribution is -0.645. The van der Waals surface area contributed by atoms with E-state index in [4.69, 9.17) is 0 Å². The number of benzene rings is 1. The summed E-state index contributed by atoms with van der Waals surface area (Å²) in [5.41, 5.74) is -0.604. The zero-order chi connectivity index (χ0) is 16.1. The molecule has 0 unspecified atom stereocenters. The van der Waals surface area contributed by atoms with Crippen LogP contribution in [-0.4, -0.2) is 16.6 Å². The fraction of sp³-hybridized carbons (Fsp3) is 0.0769. The lowest BCUT2D eigenvalue weighted by Crippen LogP contribution is -2.28. The molecule has 1 aromatic heterocycles. The van der Waals surface area contributed by atoms with Crippen LogP contribution in [0, 0.1) is 21.1 Å². The zero-order valence-corrected chi connectivity index (χ0v) is 11.9. The second-order valence-corrected chi connectivity index (χ2v) is 5.12. The highest BCUT2D eigenvalue weighted by atomic mass is 32.2. The Morgan fingerprint density at radius 3 is 2.82 bits per heavy atom. The number of aromatic nitrogens is 1. The molecule has 7 nitrogen and oxygen atoms in total. The van der Waals surface area contributed by atoms with Crippen LogP contribution < -0.4 is 10.0 Å². The van der Waals surface area contributed by atoms with E-state index in [-0.39, 0.29) is 17.1 Å². The van der Waals surface area contributed by atoms with Gasteiger partial charge in [-0.3, -0.25) is 14.9 Å². The highest BCUT2D eigenvalue weighted by molar-refractivity contribution is 7.99. The third-order valence-corrected chi connectivity index (χ3v) is 3.59. The van der Waals surface area contributed by atoms with Crippen LogP contribution in [0.25, 0.3) is 0 Å². The van der Waals surface area contributed by atoms with E-state index in [0.29, 0.717) is 9.76 Å². The van der Waals surface area contributed by atoms with E-state index in [0.717, 1.165) is 30.0 Å². The molecule has 0 radical (unpaired) electrons. The average molecular weight is 323 g/mol. The third-order valence-electron chi connectivity index (χ3n) is 2.57. The first-order valence-electron chi connectivity index (χ1n) is 6.02. The molecule has 0 aliphatic rings. The van der Waals surface area contributed by atoms with Crippen molar-refractivity contribution in [3.8, 4) is 0 Å². The number of halogens is 1. The molecule has 2 aromatic rings. The van der Waals surface area contributed by atoms with Gasteiger partial charge in [0.15, 0.2) is 6.20 Å². The van der Waals surface area contributed by atoms with Crippen LogP contribution in [0.15, 0.2) is 47.6 Å². The van der Waals surface area contributed by atoms with Crippen molar-refractivity contribution >= 4 is 29.0 Å². The monoisotopic (exact) mass is 323 g/mol. The highest BCUT2D eigenvalue weighted by Crippen LogP contribution is 2.22. The number of carbonyl (C=O) groups excluding carboxylic acids is 1. The molecule has 0 saturated carbocycles. The van der Waals surface area contributed by atoms with Gasteiger partial charge >= 0.3 is 0 Å². The van der Waals surface area contributed by atoms with Gasteiger partial charge in [-0.2, -0.15) is 4.73 Å². The molecular formula is C13H10FN3O4S. The smallest absolute Gasteiger partial charge is 0.271 e. The molecule has 1 N–H and O–H groups in total. The molecule has 0 spiro atoms. The molecule has 1 amide bonds. The van der Waals surface area contributed by atoms with E-state index in [9.17, 15) is 24.5 Å². The fourth-order valence-electron chi connectivity index (χ4n) is 1.57. The Morgan fingerprint density at radius 1 is 1.36 bits per heavy atom. The number of thioether (sulfide) groups is 1. The van der Waals surface area contributed by atoms with Crippen LogP contribution in [0.1, 0.15) is 0 Å². The molecule has 0 atom stereocenters. The molecule has 2 rings (SSSR count). The minimum Gasteiger partial charge on any atom is -0.618 e. The second kappa shape index (κ2) is 6.85. The minimum atomic E-state index is -0.775. The van der Waals surface area contributed by atoms with Gasteiger partial charge in [0.25, 0.3) is 10.7 Å².